The molecule has 0 radical (unpaired) electrons. The maximum Gasteiger partial charge on any atom is 0.409 e. The monoisotopic (exact) mass is 655 g/mol. The lowest BCUT2D eigenvalue weighted by atomic mass is 10.0. The highest BCUT2D eigenvalue weighted by molar-refractivity contribution is 5.97. The Bertz CT molecular complexity index is 1410. The van der Waals surface area contributed by atoms with E-state index in [1.807, 2.05) is 12.1 Å². The normalized spacial score (nSPS) is 17.1. The van der Waals surface area contributed by atoms with E-state index in [0.717, 1.165) is 28.2 Å². The molecule has 47 heavy (non-hydrogen) atoms. The summed E-state index contributed by atoms with van der Waals surface area (Å²) in [6, 6.07) is 4.33. The highest BCUT2D eigenvalue weighted by atomic mass is 16.7. The molecule has 2 aromatic heterocycles. The topological polar surface area (TPSA) is 201 Å². The van der Waals surface area contributed by atoms with E-state index in [2.05, 4.69) is 20.2 Å². The van der Waals surface area contributed by atoms with Gasteiger partial charge in [0.25, 0.3) is 0 Å². The molecule has 0 aliphatic carbocycles. The minimum atomic E-state index is -1.48. The van der Waals surface area contributed by atoms with E-state index in [1.54, 1.807) is 41.8 Å². The molecule has 252 valence electrons. The average molecular weight is 656 g/mol. The molecule has 2 fully saturated rings. The Kier molecular flexibility index (Phi) is 12.4. The van der Waals surface area contributed by atoms with Crippen molar-refractivity contribution in [1.82, 2.24) is 30.0 Å². The Labute approximate surface area is 270 Å². The van der Waals surface area contributed by atoms with Gasteiger partial charge in [0, 0.05) is 69.7 Å². The summed E-state index contributed by atoms with van der Waals surface area (Å²) < 4.78 is 15.2. The summed E-state index contributed by atoms with van der Waals surface area (Å²) in [7, 11) is 1.11. The van der Waals surface area contributed by atoms with E-state index in [9.17, 15) is 33.9 Å². The average Bonchev–Trinajstić information content (AvgIpc) is 3.08. The number of ether oxygens (including phenoxy) is 3. The number of carboxylic acid groups (broad SMARTS) is 1. The molecule has 2 atom stereocenters. The standard InChI is InChI=1S/C30H37N7O10/c1-45-27(41)16-24-29(43)36(18-26(39)40)13-14-37(24)28(42)23(33-30(44)47-20-46-19-21-3-2-6-32-17-21)15-25(38)35-11-9-34(10-12-35)22-4-7-31-8-5-22/h2-8,17,23-24H,9-16,18-20H2,1H3,(H,33,44)(H,39,40)/t23-,24+/m1/s1. The number of carboxylic acids is 1. The molecule has 2 aromatic rings. The van der Waals surface area contributed by atoms with Crippen LogP contribution in [0.2, 0.25) is 0 Å². The summed E-state index contributed by atoms with van der Waals surface area (Å²) in [5, 5.41) is 11.6. The Balaban J connectivity index is 1.45. The van der Waals surface area contributed by atoms with Crippen LogP contribution in [0.25, 0.3) is 0 Å². The van der Waals surface area contributed by atoms with Crippen molar-refractivity contribution in [3.05, 3.63) is 54.6 Å². The van der Waals surface area contributed by atoms with Crippen LogP contribution in [-0.4, -0.2) is 137 Å². The van der Waals surface area contributed by atoms with Crippen molar-refractivity contribution in [2.75, 3.05) is 64.6 Å². The molecule has 2 N–H and O–H groups in total. The van der Waals surface area contributed by atoms with Crippen molar-refractivity contribution < 1.29 is 48.1 Å². The molecule has 0 unspecified atom stereocenters. The van der Waals surface area contributed by atoms with Gasteiger partial charge in [0.15, 0.2) is 6.79 Å². The minimum Gasteiger partial charge on any atom is -0.480 e. The molecule has 2 saturated heterocycles. The van der Waals surface area contributed by atoms with Crippen molar-refractivity contribution in [2.45, 2.75) is 31.5 Å². The molecule has 2 aliphatic rings. The number of carbonyl (C=O) groups is 6. The number of aromatic nitrogens is 2. The minimum absolute atomic E-state index is 0.103. The van der Waals surface area contributed by atoms with Crippen LogP contribution in [0.1, 0.15) is 18.4 Å². The van der Waals surface area contributed by atoms with Gasteiger partial charge in [0.2, 0.25) is 17.7 Å². The largest absolute Gasteiger partial charge is 0.480 e. The smallest absolute Gasteiger partial charge is 0.409 e. The van der Waals surface area contributed by atoms with Crippen LogP contribution in [0.4, 0.5) is 10.5 Å². The quantitative estimate of drug-likeness (QED) is 0.159. The van der Waals surface area contributed by atoms with Gasteiger partial charge in [0.1, 0.15) is 18.6 Å². The number of anilines is 1. The lowest BCUT2D eigenvalue weighted by Crippen LogP contribution is -2.63. The fourth-order valence-corrected chi connectivity index (χ4v) is 5.26. The number of hydrogen-bond acceptors (Lipinski definition) is 12. The molecule has 4 rings (SSSR count). The molecule has 0 spiro atoms. The van der Waals surface area contributed by atoms with Crippen molar-refractivity contribution >= 4 is 41.4 Å². The Hall–Kier alpha value is -5.32. The van der Waals surface area contributed by atoms with Gasteiger partial charge < -0.3 is 44.2 Å². The maximum atomic E-state index is 14.0. The van der Waals surface area contributed by atoms with Gasteiger partial charge in [-0.25, -0.2) is 4.79 Å². The number of amides is 4. The Morgan fingerprint density at radius 3 is 2.40 bits per heavy atom. The van der Waals surface area contributed by atoms with Crippen LogP contribution in [0, 0.1) is 0 Å². The lowest BCUT2D eigenvalue weighted by Gasteiger charge is -2.41. The van der Waals surface area contributed by atoms with Crippen LogP contribution >= 0.6 is 0 Å². The molecule has 2 aliphatic heterocycles. The van der Waals surface area contributed by atoms with E-state index in [1.165, 1.54) is 0 Å². The predicted octanol–water partition coefficient (Wildman–Crippen LogP) is -0.528. The number of aliphatic carboxylic acids is 1. The van der Waals surface area contributed by atoms with Crippen molar-refractivity contribution in [2.24, 2.45) is 0 Å². The summed E-state index contributed by atoms with van der Waals surface area (Å²) in [4.78, 5) is 90.7. The first-order chi connectivity index (χ1) is 22.7. The second-order valence-electron chi connectivity index (χ2n) is 10.7. The van der Waals surface area contributed by atoms with E-state index < -0.39 is 74.0 Å². The fourth-order valence-electron chi connectivity index (χ4n) is 5.26. The number of nitrogens with zero attached hydrogens (tertiary/aromatic N) is 6. The molecule has 0 saturated carbocycles. The van der Waals surface area contributed by atoms with Crippen LogP contribution in [0.3, 0.4) is 0 Å². The first-order valence-electron chi connectivity index (χ1n) is 14.9. The third kappa shape index (κ3) is 9.83. The lowest BCUT2D eigenvalue weighted by molar-refractivity contribution is -0.160. The third-order valence-electron chi connectivity index (χ3n) is 7.67. The van der Waals surface area contributed by atoms with Gasteiger partial charge in [0.05, 0.1) is 26.6 Å². The van der Waals surface area contributed by atoms with Gasteiger partial charge >= 0.3 is 18.0 Å². The number of esters is 1. The molecule has 0 aromatic carbocycles. The SMILES string of the molecule is COC(=O)C[C@H]1C(=O)N(CC(=O)O)CCN1C(=O)[C@@H](CC(=O)N1CCN(c2ccncc2)CC1)NC(=O)OCOCc1cccnc1. The van der Waals surface area contributed by atoms with Crippen molar-refractivity contribution in [3.63, 3.8) is 0 Å². The van der Waals surface area contributed by atoms with Gasteiger partial charge in [-0.05, 0) is 23.8 Å². The van der Waals surface area contributed by atoms with E-state index in [4.69, 9.17) is 14.2 Å². The zero-order valence-corrected chi connectivity index (χ0v) is 25.9. The van der Waals surface area contributed by atoms with Gasteiger partial charge in [-0.1, -0.05) is 6.07 Å². The molecular weight excluding hydrogens is 618 g/mol. The molecule has 4 heterocycles. The summed E-state index contributed by atoms with van der Waals surface area (Å²) >= 11 is 0. The highest BCUT2D eigenvalue weighted by Gasteiger charge is 2.42. The number of piperazine rings is 2. The van der Waals surface area contributed by atoms with E-state index in [0.29, 0.717) is 26.2 Å². The number of carbonyl (C=O) groups excluding carboxylic acids is 5. The van der Waals surface area contributed by atoms with Crippen molar-refractivity contribution in [1.29, 1.82) is 0 Å². The van der Waals surface area contributed by atoms with E-state index >= 15 is 0 Å². The fraction of sp³-hybridized carbons (Fsp3) is 0.467. The second kappa shape index (κ2) is 16.8. The summed E-state index contributed by atoms with van der Waals surface area (Å²) in [5.74, 6) is -4.10. The molecule has 4 amide bonds. The van der Waals surface area contributed by atoms with Crippen LogP contribution in [0.15, 0.2) is 49.1 Å². The Morgan fingerprint density at radius 2 is 1.74 bits per heavy atom. The van der Waals surface area contributed by atoms with Crippen LogP contribution < -0.4 is 10.2 Å². The van der Waals surface area contributed by atoms with Crippen LogP contribution in [-0.2, 0) is 44.8 Å². The molecule has 17 heteroatoms. The first-order valence-corrected chi connectivity index (χ1v) is 14.9. The molecule has 0 bridgehead atoms. The number of pyridine rings is 2. The van der Waals surface area contributed by atoms with Gasteiger partial charge in [-0.2, -0.15) is 0 Å². The molecular formula is C30H37N7O10. The Morgan fingerprint density at radius 1 is 1.00 bits per heavy atom. The number of rotatable bonds is 13. The third-order valence-corrected chi connectivity index (χ3v) is 7.67. The number of nitrogens with one attached hydrogen (secondary N) is 1. The van der Waals surface area contributed by atoms with Crippen LogP contribution in [0.5, 0.6) is 0 Å². The van der Waals surface area contributed by atoms with E-state index in [-0.39, 0.29) is 19.7 Å². The maximum absolute atomic E-state index is 14.0. The molecule has 17 nitrogen and oxygen atoms in total. The van der Waals surface area contributed by atoms with Gasteiger partial charge in [-0.15, -0.1) is 0 Å². The first kappa shape index (κ1) is 34.6. The zero-order chi connectivity index (χ0) is 33.8. The number of methoxy groups -OCH3 is 1. The summed E-state index contributed by atoms with van der Waals surface area (Å²) in [6.07, 6.45) is 4.47. The van der Waals surface area contributed by atoms with Crippen molar-refractivity contribution in [3.8, 4) is 0 Å². The predicted molar refractivity (Wildman–Crippen MR) is 161 cm³/mol. The highest BCUT2D eigenvalue weighted by Crippen LogP contribution is 2.20. The number of alkyl carbamates (subject to hydrolysis) is 1. The number of hydrogen-bond donors (Lipinski definition) is 2. The summed E-state index contributed by atoms with van der Waals surface area (Å²) in [6.45, 7) is 0.472. The van der Waals surface area contributed by atoms with Gasteiger partial charge in [-0.3, -0.25) is 33.9 Å². The zero-order valence-electron chi connectivity index (χ0n) is 25.9. The summed E-state index contributed by atoms with van der Waals surface area (Å²) in [5.41, 5.74) is 1.70. The second-order valence-corrected chi connectivity index (χ2v) is 10.7.